The van der Waals surface area contributed by atoms with E-state index >= 15 is 0 Å². The number of benzene rings is 2. The summed E-state index contributed by atoms with van der Waals surface area (Å²) in [5, 5.41) is 1.20. The lowest BCUT2D eigenvalue weighted by molar-refractivity contribution is 0.0705. The summed E-state index contributed by atoms with van der Waals surface area (Å²) in [6.45, 7) is 1.40. The number of hydrogen-bond donors (Lipinski definition) is 1. The number of H-pyrrole nitrogens is 1. The van der Waals surface area contributed by atoms with E-state index in [-0.39, 0.29) is 11.7 Å². The molecule has 0 radical (unpaired) electrons. The number of halogens is 1. The largest absolute Gasteiger partial charge is 0.358 e. The van der Waals surface area contributed by atoms with Gasteiger partial charge in [-0.2, -0.15) is 0 Å². The van der Waals surface area contributed by atoms with E-state index < -0.39 is 0 Å². The number of aromatic amines is 1. The number of amides is 1. The van der Waals surface area contributed by atoms with Gasteiger partial charge in [0, 0.05) is 35.8 Å². The summed E-state index contributed by atoms with van der Waals surface area (Å²) in [7, 11) is 0. The van der Waals surface area contributed by atoms with Gasteiger partial charge in [0.15, 0.2) is 0 Å². The summed E-state index contributed by atoms with van der Waals surface area (Å²) < 4.78 is 13.4. The van der Waals surface area contributed by atoms with E-state index in [9.17, 15) is 9.18 Å². The third-order valence-electron chi connectivity index (χ3n) is 4.77. The molecule has 2 aromatic carbocycles. The van der Waals surface area contributed by atoms with Crippen molar-refractivity contribution in [3.05, 3.63) is 71.7 Å². The number of fused-ring (bicyclic) bond motifs is 1. The number of nitrogens with one attached hydrogen (secondary N) is 1. The van der Waals surface area contributed by atoms with E-state index in [2.05, 4.69) is 23.2 Å². The predicted molar refractivity (Wildman–Crippen MR) is 92.6 cm³/mol. The number of hydrogen-bond acceptors (Lipinski definition) is 1. The fraction of sp³-hybridized carbons (Fsp3) is 0.250. The van der Waals surface area contributed by atoms with Gasteiger partial charge in [0.05, 0.1) is 0 Å². The van der Waals surface area contributed by atoms with Crippen LogP contribution in [-0.4, -0.2) is 28.9 Å². The third-order valence-corrected chi connectivity index (χ3v) is 4.77. The van der Waals surface area contributed by atoms with Gasteiger partial charge < -0.3 is 9.88 Å². The summed E-state index contributed by atoms with van der Waals surface area (Å²) in [4.78, 5) is 18.0. The number of likely N-dealkylation sites (tertiary alicyclic amines) is 1. The second kappa shape index (κ2) is 6.11. The van der Waals surface area contributed by atoms with Gasteiger partial charge >= 0.3 is 0 Å². The molecule has 1 aromatic heterocycles. The van der Waals surface area contributed by atoms with Crippen molar-refractivity contribution >= 4 is 16.8 Å². The van der Waals surface area contributed by atoms with E-state index in [1.165, 1.54) is 23.2 Å². The van der Waals surface area contributed by atoms with Crippen LogP contribution >= 0.6 is 0 Å². The molecule has 1 aliphatic heterocycles. The molecule has 0 saturated carbocycles. The Labute approximate surface area is 140 Å². The zero-order valence-corrected chi connectivity index (χ0v) is 13.3. The minimum Gasteiger partial charge on any atom is -0.358 e. The van der Waals surface area contributed by atoms with Crippen LogP contribution < -0.4 is 0 Å². The second-order valence-electron chi connectivity index (χ2n) is 6.41. The molecule has 0 bridgehead atoms. The first kappa shape index (κ1) is 14.9. The molecule has 1 aliphatic rings. The quantitative estimate of drug-likeness (QED) is 0.749. The Morgan fingerprint density at radius 1 is 1.12 bits per heavy atom. The number of carbonyl (C=O) groups is 1. The number of nitrogens with zero attached hydrogens (tertiary/aromatic N) is 1. The van der Waals surface area contributed by atoms with E-state index in [0.717, 1.165) is 24.9 Å². The second-order valence-corrected chi connectivity index (χ2v) is 6.41. The van der Waals surface area contributed by atoms with Gasteiger partial charge in [-0.25, -0.2) is 4.39 Å². The Balaban J connectivity index is 1.56. The summed E-state index contributed by atoms with van der Waals surface area (Å²) >= 11 is 0. The number of carbonyl (C=O) groups excluding carboxylic acids is 1. The Kier molecular flexibility index (Phi) is 3.81. The van der Waals surface area contributed by atoms with Crippen LogP contribution in [0.1, 0.15) is 34.8 Å². The average molecular weight is 322 g/mol. The number of rotatable bonds is 2. The summed E-state index contributed by atoms with van der Waals surface area (Å²) in [5.41, 5.74) is 2.72. The van der Waals surface area contributed by atoms with Gasteiger partial charge in [-0.3, -0.25) is 4.79 Å². The van der Waals surface area contributed by atoms with Crippen LogP contribution in [0.25, 0.3) is 10.9 Å². The zero-order chi connectivity index (χ0) is 16.5. The van der Waals surface area contributed by atoms with Crippen molar-refractivity contribution in [3.63, 3.8) is 0 Å². The predicted octanol–water partition coefficient (Wildman–Crippen LogP) is 4.33. The van der Waals surface area contributed by atoms with Gasteiger partial charge in [-0.05, 0) is 48.6 Å². The zero-order valence-electron chi connectivity index (χ0n) is 13.3. The molecule has 122 valence electrons. The minimum atomic E-state index is -0.370. The van der Waals surface area contributed by atoms with Crippen LogP contribution in [-0.2, 0) is 0 Å². The van der Waals surface area contributed by atoms with Crippen LogP contribution in [0.3, 0.4) is 0 Å². The minimum absolute atomic E-state index is 0.0877. The molecular weight excluding hydrogens is 303 g/mol. The maximum atomic E-state index is 13.4. The molecule has 1 atom stereocenters. The number of piperidine rings is 1. The highest BCUT2D eigenvalue weighted by Gasteiger charge is 2.26. The van der Waals surface area contributed by atoms with E-state index in [1.54, 1.807) is 12.1 Å². The smallest absolute Gasteiger partial charge is 0.253 e. The fourth-order valence-corrected chi connectivity index (χ4v) is 3.54. The molecule has 3 nitrogen and oxygen atoms in total. The van der Waals surface area contributed by atoms with Crippen molar-refractivity contribution in [2.24, 2.45) is 0 Å². The van der Waals surface area contributed by atoms with Crippen LogP contribution in [0.4, 0.5) is 4.39 Å². The lowest BCUT2D eigenvalue weighted by atomic mass is 9.94. The molecule has 3 aromatic rings. The van der Waals surface area contributed by atoms with Crippen LogP contribution in [0, 0.1) is 5.82 Å². The van der Waals surface area contributed by atoms with Crippen molar-refractivity contribution in [2.45, 2.75) is 18.8 Å². The lowest BCUT2D eigenvalue weighted by Crippen LogP contribution is -2.39. The van der Waals surface area contributed by atoms with Crippen LogP contribution in [0.15, 0.2) is 54.6 Å². The van der Waals surface area contributed by atoms with Crippen LogP contribution in [0.2, 0.25) is 0 Å². The maximum Gasteiger partial charge on any atom is 0.253 e. The van der Waals surface area contributed by atoms with Gasteiger partial charge in [-0.15, -0.1) is 0 Å². The highest BCUT2D eigenvalue weighted by atomic mass is 19.1. The molecule has 0 spiro atoms. The molecular formula is C20H19FN2O. The lowest BCUT2D eigenvalue weighted by Gasteiger charge is -2.32. The van der Waals surface area contributed by atoms with Crippen LogP contribution in [0.5, 0.6) is 0 Å². The summed E-state index contributed by atoms with van der Waals surface area (Å²) in [6.07, 6.45) is 2.01. The number of para-hydroxylation sites is 1. The third kappa shape index (κ3) is 2.80. The molecule has 1 amide bonds. The Morgan fingerprint density at radius 3 is 2.83 bits per heavy atom. The summed E-state index contributed by atoms with van der Waals surface area (Å²) in [5.74, 6) is -0.163. The highest BCUT2D eigenvalue weighted by molar-refractivity contribution is 5.94. The molecule has 0 aliphatic carbocycles. The topological polar surface area (TPSA) is 36.1 Å². The first-order valence-electron chi connectivity index (χ1n) is 8.33. The van der Waals surface area contributed by atoms with Gasteiger partial charge in [0.1, 0.15) is 5.82 Å². The standard InChI is InChI=1S/C20H19FN2O/c21-17-8-3-6-15(11-17)20(24)23-10-4-7-16(13-23)19-12-14-5-1-2-9-18(14)22-19/h1-3,5-6,8-9,11-12,16,22H,4,7,10,13H2. The van der Waals surface area contributed by atoms with E-state index in [0.29, 0.717) is 18.0 Å². The Bertz CT molecular complexity index is 853. The van der Waals surface area contributed by atoms with Crippen molar-refractivity contribution < 1.29 is 9.18 Å². The highest BCUT2D eigenvalue weighted by Crippen LogP contribution is 2.29. The normalized spacial score (nSPS) is 18.0. The molecule has 1 N–H and O–H groups in total. The van der Waals surface area contributed by atoms with E-state index in [1.807, 2.05) is 17.0 Å². The van der Waals surface area contributed by atoms with E-state index in [4.69, 9.17) is 0 Å². The van der Waals surface area contributed by atoms with Crippen molar-refractivity contribution in [2.75, 3.05) is 13.1 Å². The molecule has 24 heavy (non-hydrogen) atoms. The molecule has 1 saturated heterocycles. The molecule has 1 unspecified atom stereocenters. The fourth-order valence-electron chi connectivity index (χ4n) is 3.54. The molecule has 4 heteroatoms. The van der Waals surface area contributed by atoms with Crippen molar-refractivity contribution in [1.82, 2.24) is 9.88 Å². The molecule has 1 fully saturated rings. The Morgan fingerprint density at radius 2 is 2.00 bits per heavy atom. The van der Waals surface area contributed by atoms with Crippen molar-refractivity contribution in [1.29, 1.82) is 0 Å². The maximum absolute atomic E-state index is 13.4. The number of aromatic nitrogens is 1. The molecule has 2 heterocycles. The average Bonchev–Trinajstić information content (AvgIpc) is 3.05. The van der Waals surface area contributed by atoms with Gasteiger partial charge in [0.2, 0.25) is 0 Å². The van der Waals surface area contributed by atoms with Gasteiger partial charge in [-0.1, -0.05) is 24.3 Å². The first-order valence-corrected chi connectivity index (χ1v) is 8.33. The first-order chi connectivity index (χ1) is 11.7. The Hall–Kier alpha value is -2.62. The molecule has 4 rings (SSSR count). The summed E-state index contributed by atoms with van der Waals surface area (Å²) in [6, 6.07) is 16.3. The van der Waals surface area contributed by atoms with Gasteiger partial charge in [0.25, 0.3) is 5.91 Å². The monoisotopic (exact) mass is 322 g/mol. The van der Waals surface area contributed by atoms with Crippen molar-refractivity contribution in [3.8, 4) is 0 Å². The SMILES string of the molecule is O=C(c1cccc(F)c1)N1CCCC(c2cc3ccccc3[nH]2)C1.